The van der Waals surface area contributed by atoms with E-state index < -0.39 is 5.41 Å². The Balaban J connectivity index is 1.40. The Morgan fingerprint density at radius 3 is 2.55 bits per heavy atom. The first-order valence-corrected chi connectivity index (χ1v) is 14.3. The lowest BCUT2D eigenvalue weighted by Gasteiger charge is -2.35. The van der Waals surface area contributed by atoms with Crippen molar-refractivity contribution in [3.63, 3.8) is 0 Å². The van der Waals surface area contributed by atoms with Crippen molar-refractivity contribution in [2.75, 3.05) is 69.0 Å². The molecular weight excluding hydrogens is 508 g/mol. The molecule has 1 saturated carbocycles. The van der Waals surface area contributed by atoms with E-state index in [1.807, 2.05) is 18.1 Å². The van der Waals surface area contributed by atoms with Crippen molar-refractivity contribution >= 4 is 35.0 Å². The normalized spacial score (nSPS) is 22.7. The molecule has 0 bridgehead atoms. The molecule has 0 spiro atoms. The molecule has 5 rings (SSSR count). The maximum Gasteiger partial charge on any atom is 0.265 e. The van der Waals surface area contributed by atoms with Gasteiger partial charge in [-0.3, -0.25) is 15.0 Å². The molecule has 1 aromatic carbocycles. The number of carbonyl (C=O) groups excluding carboxylic acids is 2. The van der Waals surface area contributed by atoms with Gasteiger partial charge in [-0.25, -0.2) is 9.99 Å². The van der Waals surface area contributed by atoms with Crippen molar-refractivity contribution in [1.29, 1.82) is 0 Å². The average Bonchev–Trinajstić information content (AvgIpc) is 3.49. The number of nitrogens with zero attached hydrogens (tertiary/aromatic N) is 6. The summed E-state index contributed by atoms with van der Waals surface area (Å²) in [5.74, 6) is 1.63. The summed E-state index contributed by atoms with van der Waals surface area (Å²) in [7, 11) is 5.48. The number of amides is 2. The van der Waals surface area contributed by atoms with Crippen molar-refractivity contribution in [3.05, 3.63) is 30.0 Å². The number of aromatic nitrogens is 2. The maximum absolute atomic E-state index is 13.5. The maximum atomic E-state index is 13.5. The van der Waals surface area contributed by atoms with E-state index in [1.54, 1.807) is 30.3 Å². The monoisotopic (exact) mass is 550 g/mol. The molecule has 1 aromatic heterocycles. The van der Waals surface area contributed by atoms with E-state index in [0.717, 1.165) is 56.9 Å². The van der Waals surface area contributed by atoms with Gasteiger partial charge < -0.3 is 24.8 Å². The topological polar surface area (TPSA) is 106 Å². The van der Waals surface area contributed by atoms with Gasteiger partial charge in [0.15, 0.2) is 5.82 Å². The number of hydrazine groups is 1. The zero-order chi connectivity index (χ0) is 28.4. The third-order valence-electron chi connectivity index (χ3n) is 8.74. The Morgan fingerprint density at radius 1 is 1.15 bits per heavy atom. The average molecular weight is 551 g/mol. The molecule has 40 heavy (non-hydrogen) atoms. The minimum absolute atomic E-state index is 0.0909. The second-order valence-corrected chi connectivity index (χ2v) is 11.5. The van der Waals surface area contributed by atoms with Crippen LogP contribution in [0.15, 0.2) is 24.4 Å². The summed E-state index contributed by atoms with van der Waals surface area (Å²) in [6.07, 6.45) is 7.04. The van der Waals surface area contributed by atoms with Gasteiger partial charge in [0.05, 0.1) is 24.4 Å². The number of benzene rings is 1. The minimum atomic E-state index is -0.505. The largest absolute Gasteiger partial charge is 0.495 e. The van der Waals surface area contributed by atoms with Gasteiger partial charge in [-0.15, -0.1) is 0 Å². The minimum Gasteiger partial charge on any atom is -0.495 e. The Hall–Kier alpha value is -3.44. The predicted molar refractivity (Wildman–Crippen MR) is 156 cm³/mol. The standard InChI is InChI=1S/C29H42N8O3/c1-6-29(2)19-37(21-9-7-8-10-21)25-23(35(4)27(29)39)18-30-28(32-25)31-22-12-11-20(17-24(22)40-5)26(38)33-36-15-13-34(3)14-16-36/h11-12,17-18,21H,6-10,13-16,19H2,1-5H3,(H,33,38)(H,30,31,32)/t29-/m0/s1. The molecule has 3 aliphatic rings. The van der Waals surface area contributed by atoms with Crippen LogP contribution < -0.4 is 25.3 Å². The molecular formula is C29H42N8O3. The number of carbonyl (C=O) groups is 2. The lowest BCUT2D eigenvalue weighted by atomic mass is 9.85. The number of piperazine rings is 1. The summed E-state index contributed by atoms with van der Waals surface area (Å²) in [5.41, 5.74) is 4.38. The number of fused-ring (bicyclic) bond motifs is 1. The van der Waals surface area contributed by atoms with Crippen LogP contribution in [0.1, 0.15) is 56.3 Å². The molecule has 2 N–H and O–H groups in total. The van der Waals surface area contributed by atoms with E-state index in [2.05, 4.69) is 46.4 Å². The number of rotatable bonds is 7. The molecule has 1 aliphatic carbocycles. The third-order valence-corrected chi connectivity index (χ3v) is 8.74. The van der Waals surface area contributed by atoms with Crippen molar-refractivity contribution < 1.29 is 14.3 Å². The van der Waals surface area contributed by atoms with Crippen LogP contribution in [0.2, 0.25) is 0 Å². The number of hydrogen-bond acceptors (Lipinski definition) is 9. The number of anilines is 4. The van der Waals surface area contributed by atoms with Crippen LogP contribution in [0.4, 0.5) is 23.1 Å². The Labute approximate surface area is 236 Å². The first-order chi connectivity index (χ1) is 19.2. The van der Waals surface area contributed by atoms with Crippen LogP contribution in [-0.4, -0.2) is 91.7 Å². The summed E-state index contributed by atoms with van der Waals surface area (Å²) >= 11 is 0. The van der Waals surface area contributed by atoms with Crippen LogP contribution in [0.25, 0.3) is 0 Å². The zero-order valence-corrected chi connectivity index (χ0v) is 24.4. The molecule has 2 aliphatic heterocycles. The second kappa shape index (κ2) is 11.6. The fraction of sp³-hybridized carbons (Fsp3) is 0.586. The number of methoxy groups -OCH3 is 1. The zero-order valence-electron chi connectivity index (χ0n) is 24.4. The van der Waals surface area contributed by atoms with Gasteiger partial charge in [0, 0.05) is 51.4 Å². The molecule has 3 heterocycles. The number of ether oxygens (including phenoxy) is 1. The van der Waals surface area contributed by atoms with Gasteiger partial charge in [-0.1, -0.05) is 19.8 Å². The van der Waals surface area contributed by atoms with E-state index >= 15 is 0 Å². The van der Waals surface area contributed by atoms with Crippen molar-refractivity contribution in [3.8, 4) is 5.75 Å². The fourth-order valence-corrected chi connectivity index (χ4v) is 5.87. The SMILES string of the molecule is CC[C@@]1(C)CN(C2CCCC2)c2nc(Nc3ccc(C(=O)NN4CCN(C)CC4)cc3OC)ncc2N(C)C1=O. The van der Waals surface area contributed by atoms with Gasteiger partial charge in [0.25, 0.3) is 5.91 Å². The quantitative estimate of drug-likeness (QED) is 0.537. The highest BCUT2D eigenvalue weighted by Crippen LogP contribution is 2.42. The van der Waals surface area contributed by atoms with E-state index in [0.29, 0.717) is 35.5 Å². The first kappa shape index (κ1) is 28.1. The van der Waals surface area contributed by atoms with Crippen LogP contribution in [0, 0.1) is 5.41 Å². The van der Waals surface area contributed by atoms with Gasteiger partial charge >= 0.3 is 0 Å². The fourth-order valence-electron chi connectivity index (χ4n) is 5.87. The summed E-state index contributed by atoms with van der Waals surface area (Å²) in [4.78, 5) is 42.2. The van der Waals surface area contributed by atoms with Crippen LogP contribution in [-0.2, 0) is 4.79 Å². The molecule has 0 radical (unpaired) electrons. The van der Waals surface area contributed by atoms with Gasteiger partial charge in [-0.2, -0.15) is 4.98 Å². The number of hydrogen-bond donors (Lipinski definition) is 2. The lowest BCUT2D eigenvalue weighted by Crippen LogP contribution is -2.52. The highest BCUT2D eigenvalue weighted by Gasteiger charge is 2.43. The molecule has 1 atom stereocenters. The Kier molecular flexibility index (Phi) is 8.14. The molecule has 1 saturated heterocycles. The Bertz CT molecular complexity index is 1240. The molecule has 2 aromatic rings. The summed E-state index contributed by atoms with van der Waals surface area (Å²) in [6.45, 7) is 8.14. The van der Waals surface area contributed by atoms with E-state index in [4.69, 9.17) is 9.72 Å². The molecule has 2 fully saturated rings. The second-order valence-electron chi connectivity index (χ2n) is 11.5. The highest BCUT2D eigenvalue weighted by atomic mass is 16.5. The summed E-state index contributed by atoms with van der Waals surface area (Å²) in [5, 5.41) is 5.24. The lowest BCUT2D eigenvalue weighted by molar-refractivity contribution is -0.126. The van der Waals surface area contributed by atoms with Crippen LogP contribution >= 0.6 is 0 Å². The molecule has 11 nitrogen and oxygen atoms in total. The van der Waals surface area contributed by atoms with Crippen molar-refractivity contribution in [2.45, 2.75) is 52.0 Å². The van der Waals surface area contributed by atoms with E-state index in [9.17, 15) is 9.59 Å². The Morgan fingerprint density at radius 2 is 1.88 bits per heavy atom. The molecule has 11 heteroatoms. The smallest absolute Gasteiger partial charge is 0.265 e. The molecule has 216 valence electrons. The molecule has 2 amide bonds. The summed E-state index contributed by atoms with van der Waals surface area (Å²) in [6, 6.07) is 5.65. The van der Waals surface area contributed by atoms with E-state index in [1.165, 1.54) is 12.8 Å². The van der Waals surface area contributed by atoms with Crippen LogP contribution in [0.3, 0.4) is 0 Å². The van der Waals surface area contributed by atoms with Gasteiger partial charge in [0.1, 0.15) is 11.4 Å². The number of nitrogens with one attached hydrogen (secondary N) is 2. The van der Waals surface area contributed by atoms with Gasteiger partial charge in [0.2, 0.25) is 11.9 Å². The third kappa shape index (κ3) is 5.57. The predicted octanol–water partition coefficient (Wildman–Crippen LogP) is 3.26. The first-order valence-electron chi connectivity index (χ1n) is 14.3. The highest BCUT2D eigenvalue weighted by molar-refractivity contribution is 6.01. The van der Waals surface area contributed by atoms with Crippen molar-refractivity contribution in [2.24, 2.45) is 5.41 Å². The van der Waals surface area contributed by atoms with Crippen LogP contribution in [0.5, 0.6) is 5.75 Å². The van der Waals surface area contributed by atoms with Crippen molar-refractivity contribution in [1.82, 2.24) is 25.3 Å². The molecule has 0 unspecified atom stereocenters. The summed E-state index contributed by atoms with van der Waals surface area (Å²) < 4.78 is 5.64. The number of likely N-dealkylation sites (N-methyl/N-ethyl adjacent to an activating group) is 1. The van der Waals surface area contributed by atoms with E-state index in [-0.39, 0.29) is 11.8 Å². The van der Waals surface area contributed by atoms with Gasteiger partial charge in [-0.05, 0) is 51.4 Å².